The van der Waals surface area contributed by atoms with Crippen LogP contribution in [-0.4, -0.2) is 37.7 Å². The van der Waals surface area contributed by atoms with Crippen LogP contribution >= 0.6 is 22.9 Å². The van der Waals surface area contributed by atoms with Crippen molar-refractivity contribution in [3.63, 3.8) is 0 Å². The maximum atomic E-state index is 6.10. The molecule has 0 amide bonds. The minimum Gasteiger partial charge on any atom is -0.284 e. The topological polar surface area (TPSA) is 46.8 Å². The van der Waals surface area contributed by atoms with E-state index in [1.54, 1.807) is 17.5 Å². The number of hydrogen-bond donors (Lipinski definition) is 0. The zero-order chi connectivity index (χ0) is 18.9. The van der Waals surface area contributed by atoms with E-state index in [1.165, 1.54) is 9.71 Å². The molecule has 0 bridgehead atoms. The van der Waals surface area contributed by atoms with Gasteiger partial charge in [0.05, 0.1) is 27.6 Å². The van der Waals surface area contributed by atoms with Crippen molar-refractivity contribution >= 4 is 33.2 Å². The quantitative estimate of drug-likeness (QED) is 0.473. The fraction of sp³-hybridized carbons (Fsp3) is 0.286. The number of likely N-dealkylation sites (tertiary alicyclic amines) is 1. The first-order valence-electron chi connectivity index (χ1n) is 9.47. The minimum atomic E-state index is 0.530. The molecule has 142 valence electrons. The van der Waals surface area contributed by atoms with Gasteiger partial charge in [0.15, 0.2) is 0 Å². The predicted octanol–water partition coefficient (Wildman–Crippen LogP) is 5.05. The van der Waals surface area contributed by atoms with Crippen LogP contribution in [0.4, 0.5) is 0 Å². The SMILES string of the molecule is Clc1ccc2sc(C3CCN(Cn4nccc4-c4cccnc4)CC3)nc2c1. The second-order valence-corrected chi connectivity index (χ2v) is 8.65. The smallest absolute Gasteiger partial charge is 0.0970 e. The molecule has 4 heterocycles. The maximum Gasteiger partial charge on any atom is 0.0970 e. The predicted molar refractivity (Wildman–Crippen MR) is 114 cm³/mol. The molecule has 0 saturated carbocycles. The number of nitrogens with zero attached hydrogens (tertiary/aromatic N) is 5. The zero-order valence-electron chi connectivity index (χ0n) is 15.3. The van der Waals surface area contributed by atoms with Gasteiger partial charge in [0.2, 0.25) is 0 Å². The molecule has 0 spiro atoms. The number of piperidine rings is 1. The lowest BCUT2D eigenvalue weighted by molar-refractivity contribution is 0.162. The lowest BCUT2D eigenvalue weighted by atomic mass is 9.98. The molecule has 0 atom stereocenters. The van der Waals surface area contributed by atoms with Crippen molar-refractivity contribution in [1.29, 1.82) is 0 Å². The summed E-state index contributed by atoms with van der Waals surface area (Å²) in [5.74, 6) is 0.530. The number of pyridine rings is 1. The van der Waals surface area contributed by atoms with Crippen molar-refractivity contribution in [3.8, 4) is 11.3 Å². The Kier molecular flexibility index (Phi) is 4.84. The van der Waals surface area contributed by atoms with Crippen LogP contribution in [0, 0.1) is 0 Å². The van der Waals surface area contributed by atoms with Gasteiger partial charge in [0.25, 0.3) is 0 Å². The molecule has 5 rings (SSSR count). The highest BCUT2D eigenvalue weighted by atomic mass is 35.5. The summed E-state index contributed by atoms with van der Waals surface area (Å²) >= 11 is 7.91. The third-order valence-electron chi connectivity index (χ3n) is 5.31. The fourth-order valence-electron chi connectivity index (χ4n) is 3.81. The standard InChI is InChI=1S/C21H20ClN5S/c22-17-3-4-20-18(12-17)25-21(28-20)15-6-10-26(11-7-15)14-27-19(5-9-24-27)16-2-1-8-23-13-16/h1-5,8-9,12-13,15H,6-7,10-11,14H2. The number of benzene rings is 1. The number of rotatable bonds is 4. The van der Waals surface area contributed by atoms with Crippen LogP contribution in [-0.2, 0) is 6.67 Å². The van der Waals surface area contributed by atoms with Gasteiger partial charge in [-0.15, -0.1) is 11.3 Å². The van der Waals surface area contributed by atoms with E-state index in [2.05, 4.69) is 37.9 Å². The van der Waals surface area contributed by atoms with Crippen molar-refractivity contribution in [3.05, 3.63) is 65.0 Å². The molecular formula is C21H20ClN5S. The number of halogens is 1. The van der Waals surface area contributed by atoms with Crippen LogP contribution in [0.5, 0.6) is 0 Å². The zero-order valence-corrected chi connectivity index (χ0v) is 16.9. The Balaban J connectivity index is 1.26. The highest BCUT2D eigenvalue weighted by molar-refractivity contribution is 7.18. The third kappa shape index (κ3) is 3.55. The Morgan fingerprint density at radius 2 is 2.00 bits per heavy atom. The van der Waals surface area contributed by atoms with Crippen molar-refractivity contribution in [2.24, 2.45) is 0 Å². The molecule has 5 nitrogen and oxygen atoms in total. The maximum absolute atomic E-state index is 6.10. The summed E-state index contributed by atoms with van der Waals surface area (Å²) in [7, 11) is 0. The molecule has 0 unspecified atom stereocenters. The first kappa shape index (κ1) is 17.8. The summed E-state index contributed by atoms with van der Waals surface area (Å²) < 4.78 is 3.29. The third-order valence-corrected chi connectivity index (χ3v) is 6.74. The number of aromatic nitrogens is 4. The minimum absolute atomic E-state index is 0.530. The molecule has 28 heavy (non-hydrogen) atoms. The fourth-order valence-corrected chi connectivity index (χ4v) is 5.09. The molecule has 4 aromatic rings. The van der Waals surface area contributed by atoms with Crippen molar-refractivity contribution < 1.29 is 0 Å². The van der Waals surface area contributed by atoms with Gasteiger partial charge in [-0.25, -0.2) is 4.98 Å². The van der Waals surface area contributed by atoms with Crippen molar-refractivity contribution in [2.45, 2.75) is 25.4 Å². The first-order chi connectivity index (χ1) is 13.8. The lowest BCUT2D eigenvalue weighted by Gasteiger charge is -2.31. The van der Waals surface area contributed by atoms with Crippen LogP contribution in [0.25, 0.3) is 21.5 Å². The average Bonchev–Trinajstić information content (AvgIpc) is 3.36. The second-order valence-electron chi connectivity index (χ2n) is 7.16. The van der Waals surface area contributed by atoms with E-state index in [0.717, 1.165) is 54.4 Å². The lowest BCUT2D eigenvalue weighted by Crippen LogP contribution is -2.35. The number of hydrogen-bond acceptors (Lipinski definition) is 5. The van der Waals surface area contributed by atoms with Crippen LogP contribution in [0.15, 0.2) is 55.0 Å². The van der Waals surface area contributed by atoms with Crippen LogP contribution < -0.4 is 0 Å². The van der Waals surface area contributed by atoms with Gasteiger partial charge >= 0.3 is 0 Å². The summed E-state index contributed by atoms with van der Waals surface area (Å²) in [5.41, 5.74) is 3.23. The van der Waals surface area contributed by atoms with E-state index in [1.807, 2.05) is 30.6 Å². The number of fused-ring (bicyclic) bond motifs is 1. The molecule has 0 aliphatic carbocycles. The Bertz CT molecular complexity index is 1080. The van der Waals surface area contributed by atoms with Gasteiger partial charge in [0.1, 0.15) is 0 Å². The molecule has 1 fully saturated rings. The van der Waals surface area contributed by atoms with Gasteiger partial charge in [-0.2, -0.15) is 5.10 Å². The molecule has 3 aromatic heterocycles. The van der Waals surface area contributed by atoms with Crippen LogP contribution in [0.1, 0.15) is 23.8 Å². The molecule has 1 aliphatic rings. The monoisotopic (exact) mass is 409 g/mol. The summed E-state index contributed by atoms with van der Waals surface area (Å²) in [6, 6.07) is 12.1. The largest absolute Gasteiger partial charge is 0.284 e. The van der Waals surface area contributed by atoms with Crippen molar-refractivity contribution in [1.82, 2.24) is 24.6 Å². The number of thiazole rings is 1. The Labute approximate surface area is 172 Å². The van der Waals surface area contributed by atoms with E-state index in [4.69, 9.17) is 16.6 Å². The highest BCUT2D eigenvalue weighted by Crippen LogP contribution is 2.35. The molecule has 0 radical (unpaired) electrons. The molecule has 1 aliphatic heterocycles. The van der Waals surface area contributed by atoms with Crippen LogP contribution in [0.2, 0.25) is 5.02 Å². The molecular weight excluding hydrogens is 390 g/mol. The Morgan fingerprint density at radius 1 is 1.11 bits per heavy atom. The summed E-state index contributed by atoms with van der Waals surface area (Å²) in [6.45, 7) is 2.90. The Hall–Kier alpha value is -2.28. The summed E-state index contributed by atoms with van der Waals surface area (Å²) in [5, 5.41) is 6.52. The first-order valence-corrected chi connectivity index (χ1v) is 10.7. The second kappa shape index (κ2) is 7.62. The van der Waals surface area contributed by atoms with Crippen LogP contribution in [0.3, 0.4) is 0 Å². The van der Waals surface area contributed by atoms with E-state index in [0.29, 0.717) is 5.92 Å². The van der Waals surface area contributed by atoms with Gasteiger partial charge < -0.3 is 0 Å². The van der Waals surface area contributed by atoms with Gasteiger partial charge in [-0.1, -0.05) is 11.6 Å². The Morgan fingerprint density at radius 3 is 2.82 bits per heavy atom. The summed E-state index contributed by atoms with van der Waals surface area (Å²) in [4.78, 5) is 11.5. The van der Waals surface area contributed by atoms with E-state index in [9.17, 15) is 0 Å². The molecule has 1 saturated heterocycles. The van der Waals surface area contributed by atoms with E-state index in [-0.39, 0.29) is 0 Å². The van der Waals surface area contributed by atoms with Gasteiger partial charge in [-0.05, 0) is 49.2 Å². The van der Waals surface area contributed by atoms with Gasteiger partial charge in [0, 0.05) is 48.2 Å². The highest BCUT2D eigenvalue weighted by Gasteiger charge is 2.24. The van der Waals surface area contributed by atoms with Gasteiger partial charge in [-0.3, -0.25) is 14.6 Å². The normalized spacial score (nSPS) is 16.0. The summed E-state index contributed by atoms with van der Waals surface area (Å²) in [6.07, 6.45) is 7.79. The van der Waals surface area contributed by atoms with Crippen molar-refractivity contribution in [2.75, 3.05) is 13.1 Å². The average molecular weight is 410 g/mol. The molecule has 1 aromatic carbocycles. The van der Waals surface area contributed by atoms with E-state index < -0.39 is 0 Å². The van der Waals surface area contributed by atoms with E-state index >= 15 is 0 Å². The molecule has 0 N–H and O–H groups in total. The molecule has 7 heteroatoms.